The summed E-state index contributed by atoms with van der Waals surface area (Å²) < 4.78 is 5.55. The van der Waals surface area contributed by atoms with Crippen molar-refractivity contribution in [1.82, 2.24) is 15.3 Å². The van der Waals surface area contributed by atoms with Crippen LogP contribution in [0.3, 0.4) is 0 Å². The summed E-state index contributed by atoms with van der Waals surface area (Å²) in [6, 6.07) is 8.81. The van der Waals surface area contributed by atoms with Crippen molar-refractivity contribution in [1.29, 1.82) is 0 Å². The first-order chi connectivity index (χ1) is 17.0. The van der Waals surface area contributed by atoms with E-state index in [0.29, 0.717) is 0 Å². The van der Waals surface area contributed by atoms with E-state index in [-0.39, 0.29) is 12.0 Å². The Bertz CT molecular complexity index is 1150. The standard InChI is InChI=1S/C28H38N6O/c1-5-23(25(10-13-30-6-2)33-22-11-14-35-15-12-22)28(29)24-9-7-8-20-16-26(32-19(3)27(20)24)21-17-31-34(4)18-21/h6-9,16-17,21-22,30H,2,5,10-15,18,29H2,1,3-4H3. The van der Waals surface area contributed by atoms with E-state index in [4.69, 9.17) is 20.4 Å². The van der Waals surface area contributed by atoms with E-state index < -0.39 is 0 Å². The van der Waals surface area contributed by atoms with Gasteiger partial charge in [-0.05, 0) is 49.4 Å². The molecule has 7 nitrogen and oxygen atoms in total. The molecule has 186 valence electrons. The van der Waals surface area contributed by atoms with Crippen LogP contribution in [0, 0.1) is 6.92 Å². The van der Waals surface area contributed by atoms with Gasteiger partial charge in [-0.1, -0.05) is 31.7 Å². The predicted molar refractivity (Wildman–Crippen MR) is 146 cm³/mol. The minimum Gasteiger partial charge on any atom is -0.398 e. The van der Waals surface area contributed by atoms with Crippen LogP contribution in [-0.2, 0) is 4.74 Å². The maximum Gasteiger partial charge on any atom is 0.0576 e. The lowest BCUT2D eigenvalue weighted by atomic mass is 9.93. The van der Waals surface area contributed by atoms with E-state index >= 15 is 0 Å². The molecule has 0 aliphatic carbocycles. The molecular formula is C28H38N6O. The molecule has 3 N–H and O–H groups in total. The van der Waals surface area contributed by atoms with Gasteiger partial charge < -0.3 is 15.8 Å². The summed E-state index contributed by atoms with van der Waals surface area (Å²) in [5.74, 6) is 0.210. The third-order valence-electron chi connectivity index (χ3n) is 6.84. The molecule has 2 aliphatic heterocycles. The van der Waals surface area contributed by atoms with E-state index in [0.717, 1.165) is 96.7 Å². The van der Waals surface area contributed by atoms with E-state index in [1.807, 2.05) is 18.3 Å². The first kappa shape index (κ1) is 24.9. The smallest absolute Gasteiger partial charge is 0.0576 e. The molecule has 0 amide bonds. The number of hydrazone groups is 1. The summed E-state index contributed by atoms with van der Waals surface area (Å²) in [5, 5.41) is 11.8. The van der Waals surface area contributed by atoms with Crippen molar-refractivity contribution in [2.75, 3.05) is 33.4 Å². The van der Waals surface area contributed by atoms with Gasteiger partial charge in [0.15, 0.2) is 0 Å². The molecule has 0 bridgehead atoms. The first-order valence-electron chi connectivity index (χ1n) is 12.6. The summed E-state index contributed by atoms with van der Waals surface area (Å²) in [6.45, 7) is 11.2. The molecule has 35 heavy (non-hydrogen) atoms. The van der Waals surface area contributed by atoms with Crippen LogP contribution in [0.1, 0.15) is 55.5 Å². The van der Waals surface area contributed by atoms with E-state index in [1.54, 1.807) is 6.20 Å². The number of likely N-dealkylation sites (N-methyl/N-ethyl adjacent to an activating group) is 1. The zero-order valence-electron chi connectivity index (χ0n) is 21.3. The lowest BCUT2D eigenvalue weighted by Crippen LogP contribution is -2.23. The number of aryl methyl sites for hydroxylation is 1. The molecular weight excluding hydrogens is 436 g/mol. The molecule has 0 saturated carbocycles. The summed E-state index contributed by atoms with van der Waals surface area (Å²) in [4.78, 5) is 10.2. The average Bonchev–Trinajstić information content (AvgIpc) is 3.31. The molecule has 1 aromatic heterocycles. The van der Waals surface area contributed by atoms with Crippen molar-refractivity contribution in [3.63, 3.8) is 0 Å². The van der Waals surface area contributed by atoms with E-state index in [9.17, 15) is 0 Å². The summed E-state index contributed by atoms with van der Waals surface area (Å²) >= 11 is 0. The van der Waals surface area contributed by atoms with Gasteiger partial charge in [0.05, 0.1) is 17.7 Å². The van der Waals surface area contributed by atoms with Crippen LogP contribution in [0.15, 0.2) is 52.7 Å². The van der Waals surface area contributed by atoms with Gasteiger partial charge in [0, 0.05) is 74.0 Å². The highest BCUT2D eigenvalue weighted by Gasteiger charge is 2.21. The first-order valence-corrected chi connectivity index (χ1v) is 12.6. The maximum absolute atomic E-state index is 6.95. The van der Waals surface area contributed by atoms with Crippen LogP contribution in [0.25, 0.3) is 16.5 Å². The third kappa shape index (κ3) is 5.73. The number of aliphatic imine (C=N–C) groups is 1. The molecule has 2 aliphatic rings. The van der Waals surface area contributed by atoms with Crippen molar-refractivity contribution in [3.05, 3.63) is 59.6 Å². The number of hydrogen-bond acceptors (Lipinski definition) is 7. The van der Waals surface area contributed by atoms with Crippen LogP contribution in [0.5, 0.6) is 0 Å². The van der Waals surface area contributed by atoms with Crippen LogP contribution >= 0.6 is 0 Å². The molecule has 1 unspecified atom stereocenters. The largest absolute Gasteiger partial charge is 0.398 e. The van der Waals surface area contributed by atoms with Gasteiger partial charge in [-0.15, -0.1) is 0 Å². The molecule has 7 heteroatoms. The highest BCUT2D eigenvalue weighted by molar-refractivity contribution is 6.08. The summed E-state index contributed by atoms with van der Waals surface area (Å²) in [7, 11) is 1.99. The van der Waals surface area contributed by atoms with Crippen LogP contribution in [0.2, 0.25) is 0 Å². The normalized spacial score (nSPS) is 19.8. The summed E-state index contributed by atoms with van der Waals surface area (Å²) in [5.41, 5.74) is 13.0. The number of nitrogens with one attached hydrogen (secondary N) is 1. The fourth-order valence-corrected chi connectivity index (χ4v) is 5.03. The fraction of sp³-hybridized carbons (Fsp3) is 0.464. The lowest BCUT2D eigenvalue weighted by Gasteiger charge is -2.22. The molecule has 2 aromatic rings. The second kappa shape index (κ2) is 11.5. The topological polar surface area (TPSA) is 88.1 Å². The van der Waals surface area contributed by atoms with Crippen molar-refractivity contribution >= 4 is 28.4 Å². The fourth-order valence-electron chi connectivity index (χ4n) is 5.03. The van der Waals surface area contributed by atoms with Crippen LogP contribution in [0.4, 0.5) is 0 Å². The highest BCUT2D eigenvalue weighted by Crippen LogP contribution is 2.31. The predicted octanol–water partition coefficient (Wildman–Crippen LogP) is 4.38. The van der Waals surface area contributed by atoms with Crippen LogP contribution < -0.4 is 11.1 Å². The number of ether oxygens (including phenoxy) is 1. The Labute approximate surface area is 208 Å². The third-order valence-corrected chi connectivity index (χ3v) is 6.84. The molecule has 1 atom stereocenters. The Hall–Kier alpha value is -3.19. The Morgan fingerprint density at radius 2 is 2.14 bits per heavy atom. The number of benzene rings is 1. The van der Waals surface area contributed by atoms with Gasteiger partial charge in [0.1, 0.15) is 0 Å². The molecule has 0 spiro atoms. The molecule has 3 heterocycles. The van der Waals surface area contributed by atoms with Gasteiger partial charge in [-0.3, -0.25) is 15.0 Å². The van der Waals surface area contributed by atoms with Crippen molar-refractivity contribution in [3.8, 4) is 0 Å². The lowest BCUT2D eigenvalue weighted by molar-refractivity contribution is 0.0871. The van der Waals surface area contributed by atoms with Gasteiger partial charge in [0.25, 0.3) is 0 Å². The number of rotatable bonds is 9. The van der Waals surface area contributed by atoms with Crippen LogP contribution in [-0.4, -0.2) is 61.3 Å². The number of hydrogen-bond donors (Lipinski definition) is 2. The molecule has 1 saturated heterocycles. The van der Waals surface area contributed by atoms with Gasteiger partial charge in [-0.25, -0.2) is 0 Å². The minimum atomic E-state index is 0.210. The Morgan fingerprint density at radius 1 is 1.34 bits per heavy atom. The second-order valence-corrected chi connectivity index (χ2v) is 9.32. The minimum absolute atomic E-state index is 0.210. The number of nitrogens with zero attached hydrogens (tertiary/aromatic N) is 4. The average molecular weight is 475 g/mol. The second-order valence-electron chi connectivity index (χ2n) is 9.32. The molecule has 0 radical (unpaired) electrons. The quantitative estimate of drug-likeness (QED) is 0.416. The maximum atomic E-state index is 6.95. The van der Waals surface area contributed by atoms with E-state index in [2.05, 4.69) is 55.1 Å². The number of pyridine rings is 1. The van der Waals surface area contributed by atoms with Crippen molar-refractivity contribution in [2.24, 2.45) is 15.8 Å². The Morgan fingerprint density at radius 3 is 2.83 bits per heavy atom. The summed E-state index contributed by atoms with van der Waals surface area (Å²) in [6.07, 6.45) is 7.23. The number of allylic oxidation sites excluding steroid dienone is 1. The van der Waals surface area contributed by atoms with Gasteiger partial charge in [0.2, 0.25) is 0 Å². The van der Waals surface area contributed by atoms with Crippen molar-refractivity contribution < 1.29 is 4.74 Å². The monoisotopic (exact) mass is 474 g/mol. The molecule has 4 rings (SSSR count). The highest BCUT2D eigenvalue weighted by atomic mass is 16.5. The number of aromatic nitrogens is 1. The Balaban J connectivity index is 1.76. The number of nitrogens with two attached hydrogens (primary N) is 1. The Kier molecular flexibility index (Phi) is 8.18. The SMILES string of the molecule is C=CNCCC(=NC1CCOCC1)C(CC)=C(N)c1cccc2cc(C3C=NN(C)C3)nc(C)c12. The molecule has 1 fully saturated rings. The van der Waals surface area contributed by atoms with E-state index in [1.165, 1.54) is 0 Å². The van der Waals surface area contributed by atoms with Crippen molar-refractivity contribution in [2.45, 2.75) is 51.5 Å². The zero-order chi connectivity index (χ0) is 24.8. The zero-order valence-corrected chi connectivity index (χ0v) is 21.3. The van der Waals surface area contributed by atoms with Gasteiger partial charge in [-0.2, -0.15) is 5.10 Å². The molecule has 1 aromatic carbocycles. The number of fused-ring (bicyclic) bond motifs is 1. The van der Waals surface area contributed by atoms with Gasteiger partial charge >= 0.3 is 0 Å².